The Balaban J connectivity index is 1.93. The van der Waals surface area contributed by atoms with Gasteiger partial charge in [0.1, 0.15) is 12.2 Å². The third-order valence-corrected chi connectivity index (χ3v) is 3.44. The van der Waals surface area contributed by atoms with E-state index in [-0.39, 0.29) is 6.10 Å². The van der Waals surface area contributed by atoms with Crippen LogP contribution < -0.4 is 0 Å². The molecule has 18 heavy (non-hydrogen) atoms. The second-order valence-corrected chi connectivity index (χ2v) is 4.57. The predicted octanol–water partition coefficient (Wildman–Crippen LogP) is -0.0779. The molecule has 1 aromatic rings. The Labute approximate surface area is 108 Å². The van der Waals surface area contributed by atoms with Gasteiger partial charge in [-0.25, -0.2) is 4.98 Å². The number of aryl methyl sites for hydroxylation is 1. The van der Waals surface area contributed by atoms with E-state index in [0.717, 1.165) is 32.0 Å². The normalized spacial score (nSPS) is 23.2. The first-order valence-electron chi connectivity index (χ1n) is 6.63. The van der Waals surface area contributed by atoms with Gasteiger partial charge in [0.25, 0.3) is 0 Å². The van der Waals surface area contributed by atoms with Crippen molar-refractivity contribution in [2.75, 3.05) is 26.2 Å². The van der Waals surface area contributed by atoms with Gasteiger partial charge in [-0.2, -0.15) is 5.10 Å². The smallest absolute Gasteiger partial charge is 0.138 e. The van der Waals surface area contributed by atoms with Crippen molar-refractivity contribution in [3.8, 4) is 0 Å². The van der Waals surface area contributed by atoms with Crippen molar-refractivity contribution in [3.05, 3.63) is 12.2 Å². The summed E-state index contributed by atoms with van der Waals surface area (Å²) in [4.78, 5) is 6.48. The Hall–Kier alpha value is -0.980. The zero-order chi connectivity index (χ0) is 13.0. The van der Waals surface area contributed by atoms with E-state index in [1.165, 1.54) is 6.33 Å². The second-order valence-electron chi connectivity index (χ2n) is 4.57. The highest BCUT2D eigenvalue weighted by Crippen LogP contribution is 2.12. The Morgan fingerprint density at radius 3 is 3.06 bits per heavy atom. The van der Waals surface area contributed by atoms with Gasteiger partial charge in [-0.3, -0.25) is 9.58 Å². The first-order chi connectivity index (χ1) is 8.74. The highest BCUT2D eigenvalue weighted by molar-refractivity contribution is 4.91. The van der Waals surface area contributed by atoms with E-state index in [2.05, 4.69) is 21.9 Å². The van der Waals surface area contributed by atoms with Crippen molar-refractivity contribution in [2.24, 2.45) is 0 Å². The summed E-state index contributed by atoms with van der Waals surface area (Å²) in [6, 6.07) is 0. The summed E-state index contributed by atoms with van der Waals surface area (Å²) < 4.78 is 7.45. The van der Waals surface area contributed by atoms with Crippen LogP contribution in [-0.2, 0) is 17.7 Å². The standard InChI is InChI=1S/C12H22N4O2/c1-3-15-5-6-18-11(8-15)10(17)7-12-13-9-14-16(12)4-2/h9-11,17H,3-8H2,1-2H3. The van der Waals surface area contributed by atoms with Crippen LogP contribution in [0, 0.1) is 0 Å². The summed E-state index contributed by atoms with van der Waals surface area (Å²) in [6.45, 7) is 8.34. The number of aliphatic hydroxyl groups is 1. The number of hydrogen-bond donors (Lipinski definition) is 1. The number of nitrogens with zero attached hydrogens (tertiary/aromatic N) is 4. The van der Waals surface area contributed by atoms with Crippen LogP contribution >= 0.6 is 0 Å². The lowest BCUT2D eigenvalue weighted by Crippen LogP contribution is -2.48. The van der Waals surface area contributed by atoms with Crippen LogP contribution in [0.3, 0.4) is 0 Å². The fourth-order valence-electron chi connectivity index (χ4n) is 2.28. The third-order valence-electron chi connectivity index (χ3n) is 3.44. The molecule has 2 unspecified atom stereocenters. The molecule has 0 bridgehead atoms. The van der Waals surface area contributed by atoms with E-state index >= 15 is 0 Å². The molecule has 1 fully saturated rings. The van der Waals surface area contributed by atoms with E-state index in [1.54, 1.807) is 0 Å². The Morgan fingerprint density at radius 1 is 1.50 bits per heavy atom. The highest BCUT2D eigenvalue weighted by atomic mass is 16.5. The molecule has 1 aliphatic rings. The van der Waals surface area contributed by atoms with E-state index in [4.69, 9.17) is 4.74 Å². The molecule has 2 atom stereocenters. The lowest BCUT2D eigenvalue weighted by Gasteiger charge is -2.34. The largest absolute Gasteiger partial charge is 0.390 e. The van der Waals surface area contributed by atoms with Crippen molar-refractivity contribution in [1.29, 1.82) is 0 Å². The van der Waals surface area contributed by atoms with Crippen LogP contribution in [-0.4, -0.2) is 63.2 Å². The zero-order valence-electron chi connectivity index (χ0n) is 11.1. The van der Waals surface area contributed by atoms with E-state index in [1.807, 2.05) is 11.6 Å². The maximum Gasteiger partial charge on any atom is 0.138 e. The van der Waals surface area contributed by atoms with Crippen LogP contribution in [0.5, 0.6) is 0 Å². The zero-order valence-corrected chi connectivity index (χ0v) is 11.1. The molecule has 2 rings (SSSR count). The molecule has 6 heteroatoms. The van der Waals surface area contributed by atoms with Gasteiger partial charge in [-0.15, -0.1) is 0 Å². The molecule has 0 spiro atoms. The Kier molecular flexibility index (Phi) is 4.68. The molecule has 0 aromatic carbocycles. The molecule has 1 aromatic heterocycles. The lowest BCUT2D eigenvalue weighted by atomic mass is 10.1. The Bertz CT molecular complexity index is 369. The van der Waals surface area contributed by atoms with Gasteiger partial charge in [0.05, 0.1) is 18.8 Å². The van der Waals surface area contributed by atoms with Gasteiger partial charge >= 0.3 is 0 Å². The molecule has 0 saturated carbocycles. The molecule has 102 valence electrons. The van der Waals surface area contributed by atoms with Gasteiger partial charge in [0.15, 0.2) is 0 Å². The Morgan fingerprint density at radius 2 is 2.33 bits per heavy atom. The number of aliphatic hydroxyl groups excluding tert-OH is 1. The van der Waals surface area contributed by atoms with Crippen LogP contribution in [0.15, 0.2) is 6.33 Å². The molecule has 6 nitrogen and oxygen atoms in total. The molecule has 0 aliphatic carbocycles. The number of rotatable bonds is 5. The minimum Gasteiger partial charge on any atom is -0.390 e. The minimum atomic E-state index is -0.520. The summed E-state index contributed by atoms with van der Waals surface area (Å²) in [6.07, 6.45) is 1.39. The fraction of sp³-hybridized carbons (Fsp3) is 0.833. The first-order valence-corrected chi connectivity index (χ1v) is 6.63. The van der Waals surface area contributed by atoms with Gasteiger partial charge in [0, 0.05) is 26.1 Å². The molecule has 1 N–H and O–H groups in total. The monoisotopic (exact) mass is 254 g/mol. The van der Waals surface area contributed by atoms with E-state index in [0.29, 0.717) is 13.0 Å². The van der Waals surface area contributed by atoms with E-state index in [9.17, 15) is 5.11 Å². The van der Waals surface area contributed by atoms with Gasteiger partial charge in [-0.05, 0) is 13.5 Å². The van der Waals surface area contributed by atoms with Crippen molar-refractivity contribution in [3.63, 3.8) is 0 Å². The van der Waals surface area contributed by atoms with Crippen molar-refractivity contribution in [1.82, 2.24) is 19.7 Å². The SMILES string of the molecule is CCN1CCOC(C(O)Cc2ncnn2CC)C1. The fourth-order valence-corrected chi connectivity index (χ4v) is 2.28. The van der Waals surface area contributed by atoms with Crippen LogP contribution in [0.25, 0.3) is 0 Å². The van der Waals surface area contributed by atoms with Crippen LogP contribution in [0.1, 0.15) is 19.7 Å². The van der Waals surface area contributed by atoms with Crippen LogP contribution in [0.4, 0.5) is 0 Å². The molecular formula is C12H22N4O2. The lowest BCUT2D eigenvalue weighted by molar-refractivity contribution is -0.0874. The molecular weight excluding hydrogens is 232 g/mol. The number of ether oxygens (including phenoxy) is 1. The number of morpholine rings is 1. The number of aromatic nitrogens is 3. The van der Waals surface area contributed by atoms with Crippen molar-refractivity contribution >= 4 is 0 Å². The molecule has 1 aliphatic heterocycles. The molecule has 0 amide bonds. The quantitative estimate of drug-likeness (QED) is 0.796. The summed E-state index contributed by atoms with van der Waals surface area (Å²) in [7, 11) is 0. The van der Waals surface area contributed by atoms with Gasteiger partial charge in [0.2, 0.25) is 0 Å². The average molecular weight is 254 g/mol. The number of likely N-dealkylation sites (N-methyl/N-ethyl adjacent to an activating group) is 1. The second kappa shape index (κ2) is 6.26. The predicted molar refractivity (Wildman–Crippen MR) is 67.3 cm³/mol. The van der Waals surface area contributed by atoms with Crippen molar-refractivity contribution in [2.45, 2.75) is 39.0 Å². The topological polar surface area (TPSA) is 63.4 Å². The molecule has 1 saturated heterocycles. The summed E-state index contributed by atoms with van der Waals surface area (Å²) in [5, 5.41) is 14.4. The summed E-state index contributed by atoms with van der Waals surface area (Å²) in [5.41, 5.74) is 0. The average Bonchev–Trinajstić information content (AvgIpc) is 2.86. The third kappa shape index (κ3) is 3.07. The first kappa shape index (κ1) is 13.5. The highest BCUT2D eigenvalue weighted by Gasteiger charge is 2.27. The van der Waals surface area contributed by atoms with Crippen LogP contribution in [0.2, 0.25) is 0 Å². The van der Waals surface area contributed by atoms with Gasteiger partial charge < -0.3 is 9.84 Å². The van der Waals surface area contributed by atoms with Crippen molar-refractivity contribution < 1.29 is 9.84 Å². The molecule has 2 heterocycles. The number of hydrogen-bond acceptors (Lipinski definition) is 5. The maximum atomic E-state index is 10.2. The molecule has 0 radical (unpaired) electrons. The van der Waals surface area contributed by atoms with E-state index < -0.39 is 6.10 Å². The minimum absolute atomic E-state index is 0.124. The summed E-state index contributed by atoms with van der Waals surface area (Å²) in [5.74, 6) is 0.822. The maximum absolute atomic E-state index is 10.2. The summed E-state index contributed by atoms with van der Waals surface area (Å²) >= 11 is 0. The van der Waals surface area contributed by atoms with Gasteiger partial charge in [-0.1, -0.05) is 6.92 Å².